The van der Waals surface area contributed by atoms with E-state index in [4.69, 9.17) is 23.2 Å². The Morgan fingerprint density at radius 1 is 0.941 bits per heavy atom. The van der Waals surface area contributed by atoms with Crippen LogP contribution in [-0.2, 0) is 0 Å². The first-order valence-electron chi connectivity index (χ1n) is 5.68. The zero-order valence-electron chi connectivity index (χ0n) is 10.7. The van der Waals surface area contributed by atoms with Crippen LogP contribution in [0.25, 0.3) is 0 Å². The van der Waals surface area contributed by atoms with Crippen molar-refractivity contribution in [3.8, 4) is 0 Å². The van der Waals surface area contributed by atoms with Crippen molar-refractivity contribution in [3.63, 3.8) is 0 Å². The number of aliphatic hydroxyl groups is 1. The average Bonchev–Trinajstić information content (AvgIpc) is 2.28. The Morgan fingerprint density at radius 2 is 1.41 bits per heavy atom. The SMILES string of the molecule is CN1CCN(C)C2(Cl)N(C)C(O)CN(C)C12Cl. The molecule has 7 heteroatoms. The van der Waals surface area contributed by atoms with Gasteiger partial charge in [0.1, 0.15) is 6.23 Å². The van der Waals surface area contributed by atoms with E-state index in [0.29, 0.717) is 6.54 Å². The monoisotopic (exact) mass is 282 g/mol. The molecule has 5 nitrogen and oxygen atoms in total. The summed E-state index contributed by atoms with van der Waals surface area (Å²) < 4.78 is 0. The molecule has 2 heterocycles. The van der Waals surface area contributed by atoms with Gasteiger partial charge in [0.05, 0.1) is 0 Å². The second-order valence-electron chi connectivity index (χ2n) is 4.99. The Hall–Kier alpha value is 0.380. The second-order valence-corrected chi connectivity index (χ2v) is 6.04. The predicted molar refractivity (Wildman–Crippen MR) is 68.8 cm³/mol. The molecule has 0 spiro atoms. The first kappa shape index (κ1) is 13.8. The Kier molecular flexibility index (Phi) is 3.41. The molecule has 2 aliphatic heterocycles. The first-order chi connectivity index (χ1) is 7.76. The van der Waals surface area contributed by atoms with Gasteiger partial charge in [-0.05, 0) is 28.2 Å². The van der Waals surface area contributed by atoms with E-state index in [9.17, 15) is 5.11 Å². The molecular formula is C10H20Cl2N4O. The molecule has 3 atom stereocenters. The minimum absolute atomic E-state index is 0.465. The van der Waals surface area contributed by atoms with Gasteiger partial charge in [-0.2, -0.15) is 0 Å². The molecule has 0 radical (unpaired) electrons. The van der Waals surface area contributed by atoms with E-state index < -0.39 is 16.5 Å². The van der Waals surface area contributed by atoms with Crippen molar-refractivity contribution in [1.29, 1.82) is 0 Å². The number of halogens is 2. The molecule has 100 valence electrons. The Balaban J connectivity index is 2.50. The lowest BCUT2D eigenvalue weighted by molar-refractivity contribution is -0.226. The zero-order chi connectivity index (χ0) is 13.0. The Labute approximate surface area is 112 Å². The number of fused-ring (bicyclic) bond motifs is 1. The highest BCUT2D eigenvalue weighted by molar-refractivity contribution is 6.34. The fraction of sp³-hybridized carbons (Fsp3) is 1.00. The van der Waals surface area contributed by atoms with E-state index in [1.165, 1.54) is 0 Å². The molecule has 2 fully saturated rings. The highest BCUT2D eigenvalue weighted by atomic mass is 35.5. The Bertz CT molecular complexity index is 321. The summed E-state index contributed by atoms with van der Waals surface area (Å²) >= 11 is 13.6. The minimum Gasteiger partial charge on any atom is -0.377 e. The van der Waals surface area contributed by atoms with Gasteiger partial charge >= 0.3 is 0 Å². The van der Waals surface area contributed by atoms with Crippen LogP contribution in [0.4, 0.5) is 0 Å². The van der Waals surface area contributed by atoms with Crippen LogP contribution < -0.4 is 0 Å². The average molecular weight is 283 g/mol. The summed E-state index contributed by atoms with van der Waals surface area (Å²) in [6.07, 6.45) is -0.627. The van der Waals surface area contributed by atoms with Crippen LogP contribution in [0.3, 0.4) is 0 Å². The molecule has 17 heavy (non-hydrogen) atoms. The standard InChI is InChI=1S/C10H20Cl2N4O/c1-13-5-6-14(2)10(12)9(13,11)15(3)7-8(17)16(10)4/h8,17H,5-7H2,1-4H3. The third-order valence-corrected chi connectivity index (χ3v) is 5.80. The highest BCUT2D eigenvalue weighted by Gasteiger charge is 2.65. The van der Waals surface area contributed by atoms with Crippen LogP contribution in [-0.4, -0.2) is 89.0 Å². The van der Waals surface area contributed by atoms with Crippen LogP contribution in [0.15, 0.2) is 0 Å². The summed E-state index contributed by atoms with van der Waals surface area (Å²) in [5, 5.41) is 8.26. The molecule has 0 amide bonds. The Morgan fingerprint density at radius 3 is 1.94 bits per heavy atom. The number of hydrogen-bond acceptors (Lipinski definition) is 5. The molecular weight excluding hydrogens is 263 g/mol. The van der Waals surface area contributed by atoms with E-state index >= 15 is 0 Å². The van der Waals surface area contributed by atoms with Gasteiger partial charge in [0.15, 0.2) is 10.2 Å². The smallest absolute Gasteiger partial charge is 0.200 e. The van der Waals surface area contributed by atoms with Crippen LogP contribution >= 0.6 is 23.2 Å². The van der Waals surface area contributed by atoms with Crippen molar-refractivity contribution in [2.45, 2.75) is 16.5 Å². The number of rotatable bonds is 0. The predicted octanol–water partition coefficient (Wildman–Crippen LogP) is -0.156. The van der Waals surface area contributed by atoms with E-state index in [-0.39, 0.29) is 0 Å². The molecule has 0 aromatic heterocycles. The van der Waals surface area contributed by atoms with Crippen molar-refractivity contribution < 1.29 is 5.11 Å². The van der Waals surface area contributed by atoms with E-state index in [1.807, 2.05) is 35.8 Å². The number of nitrogens with zero attached hydrogens (tertiary/aromatic N) is 4. The first-order valence-corrected chi connectivity index (χ1v) is 6.44. The molecule has 3 unspecified atom stereocenters. The zero-order valence-corrected chi connectivity index (χ0v) is 12.2. The molecule has 2 saturated heterocycles. The minimum atomic E-state index is -0.950. The van der Waals surface area contributed by atoms with Gasteiger partial charge in [0, 0.05) is 19.6 Å². The maximum Gasteiger partial charge on any atom is 0.200 e. The summed E-state index contributed by atoms with van der Waals surface area (Å²) in [7, 11) is 7.58. The van der Waals surface area contributed by atoms with Gasteiger partial charge in [-0.25, -0.2) is 4.90 Å². The topological polar surface area (TPSA) is 33.2 Å². The van der Waals surface area contributed by atoms with E-state index in [0.717, 1.165) is 13.1 Å². The summed E-state index contributed by atoms with van der Waals surface area (Å²) in [5.74, 6) is 0. The number of β-amino-alcohol motifs (C(OH)–C–C–N with tert-alkyl or cyclic N) is 1. The van der Waals surface area contributed by atoms with Crippen molar-refractivity contribution in [2.24, 2.45) is 0 Å². The van der Waals surface area contributed by atoms with Crippen LogP contribution in [0, 0.1) is 0 Å². The van der Waals surface area contributed by atoms with Crippen LogP contribution in [0.2, 0.25) is 0 Å². The fourth-order valence-electron chi connectivity index (χ4n) is 2.80. The number of aliphatic hydroxyl groups excluding tert-OH is 1. The van der Waals surface area contributed by atoms with Gasteiger partial charge in [-0.1, -0.05) is 23.2 Å². The summed E-state index contributed by atoms with van der Waals surface area (Å²) in [6, 6.07) is 0. The normalized spacial score (nSPS) is 47.1. The lowest BCUT2D eigenvalue weighted by Crippen LogP contribution is -2.84. The van der Waals surface area contributed by atoms with Gasteiger partial charge < -0.3 is 5.11 Å². The number of hydrogen-bond donors (Lipinski definition) is 1. The highest BCUT2D eigenvalue weighted by Crippen LogP contribution is 2.48. The third kappa shape index (κ3) is 1.57. The molecule has 0 saturated carbocycles. The maximum atomic E-state index is 10.1. The second kappa shape index (κ2) is 4.20. The lowest BCUT2D eigenvalue weighted by atomic mass is 10.1. The van der Waals surface area contributed by atoms with Crippen molar-refractivity contribution >= 4 is 23.2 Å². The van der Waals surface area contributed by atoms with Crippen molar-refractivity contribution in [1.82, 2.24) is 19.6 Å². The molecule has 0 aromatic carbocycles. The number of likely N-dealkylation sites (N-methyl/N-ethyl adjacent to an activating group) is 4. The molecule has 1 N–H and O–H groups in total. The number of alkyl halides is 2. The summed E-state index contributed by atoms with van der Waals surface area (Å²) in [5.41, 5.74) is 0. The van der Waals surface area contributed by atoms with Gasteiger partial charge in [0.25, 0.3) is 0 Å². The molecule has 0 bridgehead atoms. The summed E-state index contributed by atoms with van der Waals surface area (Å²) in [4.78, 5) is 7.66. The van der Waals surface area contributed by atoms with Crippen LogP contribution in [0.5, 0.6) is 0 Å². The fourth-order valence-corrected chi connectivity index (χ4v) is 3.71. The van der Waals surface area contributed by atoms with Crippen LogP contribution in [0.1, 0.15) is 0 Å². The largest absolute Gasteiger partial charge is 0.377 e. The molecule has 2 rings (SSSR count). The molecule has 0 aromatic rings. The van der Waals surface area contributed by atoms with Gasteiger partial charge in [-0.3, -0.25) is 14.7 Å². The van der Waals surface area contributed by atoms with Crippen molar-refractivity contribution in [3.05, 3.63) is 0 Å². The van der Waals surface area contributed by atoms with Gasteiger partial charge in [-0.15, -0.1) is 0 Å². The summed E-state index contributed by atoms with van der Waals surface area (Å²) in [6.45, 7) is 2.11. The number of piperazine rings is 2. The maximum absolute atomic E-state index is 10.1. The van der Waals surface area contributed by atoms with E-state index in [2.05, 4.69) is 0 Å². The molecule has 0 aliphatic carbocycles. The third-order valence-electron chi connectivity index (χ3n) is 4.04. The van der Waals surface area contributed by atoms with Crippen molar-refractivity contribution in [2.75, 3.05) is 47.8 Å². The van der Waals surface area contributed by atoms with E-state index in [1.54, 1.807) is 11.9 Å². The molecule has 2 aliphatic rings. The quantitative estimate of drug-likeness (QED) is 0.494. The lowest BCUT2D eigenvalue weighted by Gasteiger charge is -2.65. The van der Waals surface area contributed by atoms with Gasteiger partial charge in [0.2, 0.25) is 0 Å².